The van der Waals surface area contributed by atoms with E-state index < -0.39 is 0 Å². The van der Waals surface area contributed by atoms with Gasteiger partial charge in [-0.1, -0.05) is 30.7 Å². The molecule has 3 aromatic rings. The molecule has 1 aliphatic rings. The van der Waals surface area contributed by atoms with E-state index in [2.05, 4.69) is 29.4 Å². The fourth-order valence-electron chi connectivity index (χ4n) is 2.89. The maximum atomic E-state index is 12.4. The number of hydrogen-bond donors (Lipinski definition) is 1. The summed E-state index contributed by atoms with van der Waals surface area (Å²) in [5, 5.41) is 4.12. The smallest absolute Gasteiger partial charge is 0.264 e. The first-order valence-electron chi connectivity index (χ1n) is 8.94. The van der Waals surface area contributed by atoms with Crippen molar-refractivity contribution < 1.29 is 4.79 Å². The number of carbonyl (C=O) groups excluding carboxylic acids is 1. The number of nitrogens with zero attached hydrogens (tertiary/aromatic N) is 2. The minimum absolute atomic E-state index is 0.141. The van der Waals surface area contributed by atoms with Gasteiger partial charge in [0, 0.05) is 22.6 Å². The van der Waals surface area contributed by atoms with Crippen LogP contribution in [0.25, 0.3) is 11.8 Å². The summed E-state index contributed by atoms with van der Waals surface area (Å²) in [7, 11) is 0. The lowest BCUT2D eigenvalue weighted by atomic mass is 10.2. The standard InChI is InChI=1S/C22H18ClN3OS/c1-2-15-5-9-17(10-6-15)24-22-25-21(27)20(28-22)14-19-4-3-13-26(19)18-11-7-16(23)8-12-18/h3-14H,2H2,1H3,(H,24,25,27)/b20-14-. The van der Waals surface area contributed by atoms with Gasteiger partial charge in [0.15, 0.2) is 5.17 Å². The molecule has 1 N–H and O–H groups in total. The Kier molecular flexibility index (Phi) is 5.37. The maximum Gasteiger partial charge on any atom is 0.264 e. The number of thioether (sulfide) groups is 1. The highest BCUT2D eigenvalue weighted by molar-refractivity contribution is 8.18. The van der Waals surface area contributed by atoms with Crippen molar-refractivity contribution in [2.75, 3.05) is 0 Å². The Hall–Kier alpha value is -2.76. The van der Waals surface area contributed by atoms with Crippen LogP contribution in [0, 0.1) is 0 Å². The molecule has 0 radical (unpaired) electrons. The first kappa shape index (κ1) is 18.6. The van der Waals surface area contributed by atoms with Crippen molar-refractivity contribution in [3.05, 3.63) is 88.0 Å². The van der Waals surface area contributed by atoms with Crippen molar-refractivity contribution in [3.63, 3.8) is 0 Å². The quantitative estimate of drug-likeness (QED) is 0.573. The van der Waals surface area contributed by atoms with E-state index in [4.69, 9.17) is 11.6 Å². The minimum atomic E-state index is -0.141. The third kappa shape index (κ3) is 4.06. The molecule has 0 bridgehead atoms. The number of aromatic nitrogens is 1. The fourth-order valence-corrected chi connectivity index (χ4v) is 3.84. The van der Waals surface area contributed by atoms with Crippen LogP contribution in [-0.2, 0) is 11.2 Å². The van der Waals surface area contributed by atoms with E-state index in [1.807, 2.05) is 65.4 Å². The molecule has 6 heteroatoms. The minimum Gasteiger partial charge on any atom is -0.317 e. The van der Waals surface area contributed by atoms with E-state index in [1.165, 1.54) is 17.3 Å². The number of hydrogen-bond acceptors (Lipinski definition) is 3. The second kappa shape index (κ2) is 8.09. The molecule has 0 atom stereocenters. The third-order valence-electron chi connectivity index (χ3n) is 4.39. The van der Waals surface area contributed by atoms with Crippen LogP contribution < -0.4 is 5.32 Å². The molecule has 1 fully saturated rings. The highest BCUT2D eigenvalue weighted by Gasteiger charge is 2.24. The molecule has 28 heavy (non-hydrogen) atoms. The van der Waals surface area contributed by atoms with E-state index in [1.54, 1.807) is 0 Å². The number of amidine groups is 1. The van der Waals surface area contributed by atoms with E-state index in [-0.39, 0.29) is 5.91 Å². The summed E-state index contributed by atoms with van der Waals surface area (Å²) in [6, 6.07) is 19.5. The SMILES string of the molecule is CCc1ccc(N=C2NC(=O)/C(=C/c3cccn3-c3ccc(Cl)cc3)S2)cc1. The molecule has 2 aromatic carbocycles. The van der Waals surface area contributed by atoms with E-state index in [9.17, 15) is 4.79 Å². The summed E-state index contributed by atoms with van der Waals surface area (Å²) >= 11 is 7.32. The first-order valence-corrected chi connectivity index (χ1v) is 10.1. The van der Waals surface area contributed by atoms with E-state index in [0.717, 1.165) is 23.5 Å². The third-order valence-corrected chi connectivity index (χ3v) is 5.55. The van der Waals surface area contributed by atoms with Gasteiger partial charge in [-0.25, -0.2) is 4.99 Å². The monoisotopic (exact) mass is 407 g/mol. The van der Waals surface area contributed by atoms with Gasteiger partial charge in [0.2, 0.25) is 0 Å². The van der Waals surface area contributed by atoms with Crippen molar-refractivity contribution >= 4 is 46.2 Å². The molecule has 1 saturated heterocycles. The van der Waals surface area contributed by atoms with E-state index in [0.29, 0.717) is 15.1 Å². The van der Waals surface area contributed by atoms with Gasteiger partial charge in [0.25, 0.3) is 5.91 Å². The average molecular weight is 408 g/mol. The Balaban J connectivity index is 1.58. The van der Waals surface area contributed by atoms with Gasteiger partial charge in [-0.15, -0.1) is 0 Å². The maximum absolute atomic E-state index is 12.4. The Morgan fingerprint density at radius 3 is 2.57 bits per heavy atom. The number of benzene rings is 2. The topological polar surface area (TPSA) is 46.4 Å². The molecule has 1 amide bonds. The van der Waals surface area contributed by atoms with E-state index >= 15 is 0 Å². The molecular weight excluding hydrogens is 390 g/mol. The Morgan fingerprint density at radius 1 is 1.11 bits per heavy atom. The molecular formula is C22H18ClN3OS. The lowest BCUT2D eigenvalue weighted by Crippen LogP contribution is -2.19. The van der Waals surface area contributed by atoms with Crippen LogP contribution in [0.1, 0.15) is 18.2 Å². The summed E-state index contributed by atoms with van der Waals surface area (Å²) in [5.74, 6) is -0.141. The zero-order valence-corrected chi connectivity index (χ0v) is 16.8. The highest BCUT2D eigenvalue weighted by atomic mass is 35.5. The average Bonchev–Trinajstić information content (AvgIpc) is 3.30. The van der Waals surface area contributed by atoms with Crippen LogP contribution in [-0.4, -0.2) is 15.6 Å². The number of nitrogens with one attached hydrogen (secondary N) is 1. The summed E-state index contributed by atoms with van der Waals surface area (Å²) in [5.41, 5.74) is 3.98. The summed E-state index contributed by atoms with van der Waals surface area (Å²) in [6.45, 7) is 2.12. The molecule has 4 rings (SSSR count). The first-order chi connectivity index (χ1) is 13.6. The Bertz CT molecular complexity index is 1070. The lowest BCUT2D eigenvalue weighted by Gasteiger charge is -2.06. The van der Waals surface area contributed by atoms with Crippen LogP contribution in [0.15, 0.2) is 76.8 Å². The molecule has 1 aromatic heterocycles. The number of amides is 1. The zero-order chi connectivity index (χ0) is 19.5. The van der Waals surface area contributed by atoms with Crippen molar-refractivity contribution in [2.45, 2.75) is 13.3 Å². The number of aryl methyl sites for hydroxylation is 1. The van der Waals surface area contributed by atoms with Gasteiger partial charge in [0.1, 0.15) is 0 Å². The molecule has 140 valence electrons. The van der Waals surface area contributed by atoms with Crippen LogP contribution in [0.4, 0.5) is 5.69 Å². The second-order valence-corrected chi connectivity index (χ2v) is 7.75. The second-order valence-electron chi connectivity index (χ2n) is 6.28. The van der Waals surface area contributed by atoms with Gasteiger partial charge in [0.05, 0.1) is 10.6 Å². The number of halogens is 1. The Morgan fingerprint density at radius 2 is 1.86 bits per heavy atom. The van der Waals surface area contributed by atoms with Crippen molar-refractivity contribution in [3.8, 4) is 5.69 Å². The van der Waals surface area contributed by atoms with Crippen LogP contribution in [0.5, 0.6) is 0 Å². The van der Waals surface area contributed by atoms with Gasteiger partial charge >= 0.3 is 0 Å². The molecule has 0 spiro atoms. The van der Waals surface area contributed by atoms with Crippen LogP contribution >= 0.6 is 23.4 Å². The molecule has 0 saturated carbocycles. The fraction of sp³-hybridized carbons (Fsp3) is 0.0909. The Labute approximate surface area is 172 Å². The van der Waals surface area contributed by atoms with Crippen LogP contribution in [0.2, 0.25) is 5.02 Å². The summed E-state index contributed by atoms with van der Waals surface area (Å²) < 4.78 is 2.01. The summed E-state index contributed by atoms with van der Waals surface area (Å²) in [4.78, 5) is 17.5. The molecule has 4 nitrogen and oxygen atoms in total. The molecule has 1 aliphatic heterocycles. The number of rotatable bonds is 4. The van der Waals surface area contributed by atoms with Crippen molar-refractivity contribution in [1.82, 2.24) is 9.88 Å². The van der Waals surface area contributed by atoms with Gasteiger partial charge < -0.3 is 9.88 Å². The van der Waals surface area contributed by atoms with Gasteiger partial charge in [-0.3, -0.25) is 4.79 Å². The number of carbonyl (C=O) groups is 1. The normalized spacial score (nSPS) is 16.7. The molecule has 0 aliphatic carbocycles. The molecule has 2 heterocycles. The number of aliphatic imine (C=N–C) groups is 1. The summed E-state index contributed by atoms with van der Waals surface area (Å²) in [6.07, 6.45) is 4.82. The largest absolute Gasteiger partial charge is 0.317 e. The van der Waals surface area contributed by atoms with Crippen LogP contribution in [0.3, 0.4) is 0 Å². The predicted octanol–water partition coefficient (Wildman–Crippen LogP) is 5.58. The van der Waals surface area contributed by atoms with Crippen molar-refractivity contribution in [2.24, 2.45) is 4.99 Å². The zero-order valence-electron chi connectivity index (χ0n) is 15.2. The lowest BCUT2D eigenvalue weighted by molar-refractivity contribution is -0.115. The van der Waals surface area contributed by atoms with Gasteiger partial charge in [-0.05, 0) is 78.4 Å². The van der Waals surface area contributed by atoms with Gasteiger partial charge in [-0.2, -0.15) is 0 Å². The highest BCUT2D eigenvalue weighted by Crippen LogP contribution is 2.29. The molecule has 0 unspecified atom stereocenters. The van der Waals surface area contributed by atoms with Crippen molar-refractivity contribution in [1.29, 1.82) is 0 Å². The predicted molar refractivity (Wildman–Crippen MR) is 117 cm³/mol.